The van der Waals surface area contributed by atoms with E-state index in [-0.39, 0.29) is 24.2 Å². The summed E-state index contributed by atoms with van der Waals surface area (Å²) in [4.78, 5) is 15.8. The summed E-state index contributed by atoms with van der Waals surface area (Å²) in [5.41, 5.74) is 4.17. The summed E-state index contributed by atoms with van der Waals surface area (Å²) in [7, 11) is 1.30. The van der Waals surface area contributed by atoms with Gasteiger partial charge in [0.05, 0.1) is 17.2 Å². The second-order valence-corrected chi connectivity index (χ2v) is 8.55. The smallest absolute Gasteiger partial charge is 0.328 e. The molecule has 1 unspecified atom stereocenters. The van der Waals surface area contributed by atoms with Gasteiger partial charge in [-0.15, -0.1) is 0 Å². The van der Waals surface area contributed by atoms with E-state index < -0.39 is 47.9 Å². The van der Waals surface area contributed by atoms with Crippen molar-refractivity contribution >= 4 is 6.03 Å². The van der Waals surface area contributed by atoms with Gasteiger partial charge >= 0.3 is 18.4 Å². The third-order valence-electron chi connectivity index (χ3n) is 5.87. The molecule has 11 heteroatoms. The molecule has 1 aliphatic heterocycles. The Morgan fingerprint density at radius 2 is 1.65 bits per heavy atom. The number of halogens is 7. The molecule has 0 spiro atoms. The van der Waals surface area contributed by atoms with Crippen LogP contribution in [0.15, 0.2) is 36.4 Å². The molecule has 0 aromatic heterocycles. The fourth-order valence-electron chi connectivity index (χ4n) is 4.20. The molecule has 1 aliphatic rings. The molecule has 0 radical (unpaired) electrons. The number of aryl methyl sites for hydroxylation is 1. The van der Waals surface area contributed by atoms with Gasteiger partial charge in [-0.1, -0.05) is 6.07 Å². The molecule has 1 fully saturated rings. The van der Waals surface area contributed by atoms with E-state index in [0.717, 1.165) is 4.90 Å². The van der Waals surface area contributed by atoms with Crippen LogP contribution in [0, 0.1) is 12.7 Å². The monoisotopic (exact) mass is 491 g/mol. The molecular formula is C23H24F7N3O. The second kappa shape index (κ2) is 9.44. The number of rotatable bonds is 3. The van der Waals surface area contributed by atoms with E-state index in [1.807, 2.05) is 0 Å². The number of nitrogens with zero attached hydrogens (tertiary/aromatic N) is 2. The van der Waals surface area contributed by atoms with Crippen LogP contribution in [0.1, 0.15) is 46.7 Å². The number of amides is 2. The van der Waals surface area contributed by atoms with Crippen LogP contribution in [0.4, 0.5) is 35.5 Å². The number of benzene rings is 2. The number of urea groups is 1. The highest BCUT2D eigenvalue weighted by Crippen LogP contribution is 2.37. The topological polar surface area (TPSA) is 49.6 Å². The molecule has 2 atom stereocenters. The van der Waals surface area contributed by atoms with E-state index in [1.165, 1.54) is 24.1 Å². The molecule has 2 amide bonds. The number of hydrogen-bond donors (Lipinski definition) is 1. The van der Waals surface area contributed by atoms with Crippen LogP contribution in [0.2, 0.25) is 0 Å². The summed E-state index contributed by atoms with van der Waals surface area (Å²) in [6.45, 7) is 1.46. The molecule has 1 heterocycles. The lowest BCUT2D eigenvalue weighted by Gasteiger charge is -2.41. The molecule has 4 nitrogen and oxygen atoms in total. The maximum Gasteiger partial charge on any atom is 0.416 e. The quantitative estimate of drug-likeness (QED) is 0.545. The lowest BCUT2D eigenvalue weighted by atomic mass is 9.90. The first-order chi connectivity index (χ1) is 15.7. The van der Waals surface area contributed by atoms with Gasteiger partial charge in [0.2, 0.25) is 0 Å². The first-order valence-corrected chi connectivity index (χ1v) is 10.5. The highest BCUT2D eigenvalue weighted by Gasteiger charge is 2.38. The molecule has 34 heavy (non-hydrogen) atoms. The Morgan fingerprint density at radius 3 is 2.18 bits per heavy atom. The number of piperidine rings is 1. The van der Waals surface area contributed by atoms with Crippen molar-refractivity contribution in [3.05, 3.63) is 70.0 Å². The Kier molecular flexibility index (Phi) is 7.16. The zero-order valence-corrected chi connectivity index (χ0v) is 18.5. The molecule has 3 rings (SSSR count). The van der Waals surface area contributed by atoms with Gasteiger partial charge in [-0.3, -0.25) is 0 Å². The normalized spacial score (nSPS) is 19.3. The Balaban J connectivity index is 1.89. The fourth-order valence-corrected chi connectivity index (χ4v) is 4.20. The molecule has 1 saturated heterocycles. The summed E-state index contributed by atoms with van der Waals surface area (Å²) in [6.07, 6.45) is -9.11. The predicted molar refractivity (Wildman–Crippen MR) is 111 cm³/mol. The van der Waals surface area contributed by atoms with Crippen molar-refractivity contribution in [1.82, 2.24) is 9.80 Å². The average Bonchev–Trinajstić information content (AvgIpc) is 2.71. The van der Waals surface area contributed by atoms with Crippen LogP contribution in [0.3, 0.4) is 0 Å². The summed E-state index contributed by atoms with van der Waals surface area (Å²) in [5, 5.41) is 0. The summed E-state index contributed by atoms with van der Waals surface area (Å²) in [6, 6.07) is 4.08. The maximum atomic E-state index is 13.6. The lowest BCUT2D eigenvalue weighted by Crippen LogP contribution is -2.49. The van der Waals surface area contributed by atoms with E-state index in [9.17, 15) is 35.5 Å². The highest BCUT2D eigenvalue weighted by molar-refractivity contribution is 5.75. The van der Waals surface area contributed by atoms with E-state index >= 15 is 0 Å². The Morgan fingerprint density at radius 1 is 1.06 bits per heavy atom. The molecular weight excluding hydrogens is 467 g/mol. The van der Waals surface area contributed by atoms with Crippen LogP contribution in [0.25, 0.3) is 0 Å². The van der Waals surface area contributed by atoms with Gasteiger partial charge in [-0.05, 0) is 66.8 Å². The van der Waals surface area contributed by atoms with Crippen molar-refractivity contribution in [2.24, 2.45) is 5.73 Å². The van der Waals surface area contributed by atoms with E-state index in [0.29, 0.717) is 36.1 Å². The summed E-state index contributed by atoms with van der Waals surface area (Å²) in [5.74, 6) is -0.443. The molecule has 0 saturated carbocycles. The second-order valence-electron chi connectivity index (χ2n) is 8.55. The Bertz CT molecular complexity index is 1020. The molecule has 2 aromatic carbocycles. The van der Waals surface area contributed by atoms with Crippen LogP contribution in [-0.2, 0) is 18.9 Å². The van der Waals surface area contributed by atoms with Gasteiger partial charge in [-0.2, -0.15) is 26.3 Å². The Labute approximate surface area is 192 Å². The van der Waals surface area contributed by atoms with Crippen molar-refractivity contribution in [2.75, 3.05) is 13.6 Å². The molecule has 0 aliphatic carbocycles. The zero-order chi connectivity index (χ0) is 25.4. The maximum absolute atomic E-state index is 13.6. The van der Waals surface area contributed by atoms with Gasteiger partial charge in [0.1, 0.15) is 5.82 Å². The average molecular weight is 491 g/mol. The Hall–Kier alpha value is -2.82. The third kappa shape index (κ3) is 5.81. The van der Waals surface area contributed by atoms with Crippen LogP contribution in [0.5, 0.6) is 0 Å². The number of carbonyl (C=O) groups excluding carboxylic acids is 1. The standard InChI is InChI=1S/C23H24F7N3O/c1-13-7-17(24)3-4-19(13)20-11-18(31)5-6-33(20)21(34)32(2)12-14-8-15(22(25,26)27)10-16(9-14)23(28,29)30/h3-4,7-10,18,20H,5-6,11-12,31H2,1-2H3/t18?,20-/m1/s1. The van der Waals surface area contributed by atoms with Crippen LogP contribution < -0.4 is 5.73 Å². The number of hydrogen-bond acceptors (Lipinski definition) is 2. The molecule has 2 N–H and O–H groups in total. The minimum Gasteiger partial charge on any atom is -0.328 e. The van der Waals surface area contributed by atoms with Crippen molar-refractivity contribution in [2.45, 2.75) is 50.7 Å². The first kappa shape index (κ1) is 25.8. The lowest BCUT2D eigenvalue weighted by molar-refractivity contribution is -0.143. The van der Waals surface area contributed by atoms with Crippen LogP contribution in [-0.4, -0.2) is 35.5 Å². The minimum absolute atomic E-state index is 0.0463. The third-order valence-corrected chi connectivity index (χ3v) is 5.87. The number of likely N-dealkylation sites (tertiary alicyclic amines) is 1. The van der Waals surface area contributed by atoms with E-state index in [4.69, 9.17) is 5.73 Å². The number of alkyl halides is 6. The highest BCUT2D eigenvalue weighted by atomic mass is 19.4. The van der Waals surface area contributed by atoms with Gasteiger partial charge in [0.15, 0.2) is 0 Å². The van der Waals surface area contributed by atoms with Crippen molar-refractivity contribution in [1.29, 1.82) is 0 Å². The zero-order valence-electron chi connectivity index (χ0n) is 18.5. The number of carbonyl (C=O) groups is 1. The predicted octanol–water partition coefficient (Wildman–Crippen LogP) is 5.89. The van der Waals surface area contributed by atoms with Crippen molar-refractivity contribution < 1.29 is 35.5 Å². The SMILES string of the molecule is Cc1cc(F)ccc1[C@H]1CC(N)CCN1C(=O)N(C)Cc1cc(C(F)(F)F)cc(C(F)(F)F)c1. The minimum atomic E-state index is -4.98. The molecule has 0 bridgehead atoms. The van der Waals surface area contributed by atoms with Gasteiger partial charge in [0.25, 0.3) is 0 Å². The largest absolute Gasteiger partial charge is 0.416 e. The summed E-state index contributed by atoms with van der Waals surface area (Å²) >= 11 is 0. The number of nitrogens with two attached hydrogens (primary N) is 1. The van der Waals surface area contributed by atoms with E-state index in [1.54, 1.807) is 13.0 Å². The van der Waals surface area contributed by atoms with Crippen molar-refractivity contribution in [3.8, 4) is 0 Å². The van der Waals surface area contributed by atoms with E-state index in [2.05, 4.69) is 0 Å². The summed E-state index contributed by atoms with van der Waals surface area (Å²) < 4.78 is 92.6. The first-order valence-electron chi connectivity index (χ1n) is 10.5. The van der Waals surface area contributed by atoms with Gasteiger partial charge < -0.3 is 15.5 Å². The molecule has 2 aromatic rings. The van der Waals surface area contributed by atoms with Crippen LogP contribution >= 0.6 is 0 Å². The van der Waals surface area contributed by atoms with Gasteiger partial charge in [0, 0.05) is 26.2 Å². The molecule has 186 valence electrons. The van der Waals surface area contributed by atoms with Gasteiger partial charge in [-0.25, -0.2) is 9.18 Å². The van der Waals surface area contributed by atoms with Crippen molar-refractivity contribution in [3.63, 3.8) is 0 Å². The fraction of sp³-hybridized carbons (Fsp3) is 0.435.